The number of hydrogen-bond acceptors (Lipinski definition) is 3. The second-order valence-corrected chi connectivity index (χ2v) is 11.9. The van der Waals surface area contributed by atoms with Crippen LogP contribution in [0.1, 0.15) is 148 Å². The van der Waals surface area contributed by atoms with Gasteiger partial charge in [0.1, 0.15) is 5.75 Å². The van der Waals surface area contributed by atoms with Gasteiger partial charge in [-0.25, -0.2) is 0 Å². The molecule has 0 N–H and O–H groups in total. The summed E-state index contributed by atoms with van der Waals surface area (Å²) in [7, 11) is 1.77. The van der Waals surface area contributed by atoms with Crippen molar-refractivity contribution in [2.75, 3.05) is 44.7 Å². The van der Waals surface area contributed by atoms with E-state index >= 15 is 0 Å². The van der Waals surface area contributed by atoms with Gasteiger partial charge in [0.15, 0.2) is 0 Å². The van der Waals surface area contributed by atoms with E-state index in [1.54, 1.807) is 7.11 Å². The highest BCUT2D eigenvalue weighted by molar-refractivity contribution is 5.58. The quantitative estimate of drug-likeness (QED) is 0.117. The monoisotopic (exact) mass is 529 g/mol. The van der Waals surface area contributed by atoms with Gasteiger partial charge in [-0.05, 0) is 81.9 Å². The highest BCUT2D eigenvalue weighted by atomic mass is 16.5. The van der Waals surface area contributed by atoms with Gasteiger partial charge in [0.05, 0.1) is 7.11 Å². The SMILES string of the molecule is CCCCCCCCN(CCCCCCCC)CCCCCCCCCN1CCCc2cc(OC)ccc21. The third-order valence-corrected chi connectivity index (χ3v) is 8.56. The number of methoxy groups -OCH3 is 1. The van der Waals surface area contributed by atoms with Crippen molar-refractivity contribution < 1.29 is 4.74 Å². The van der Waals surface area contributed by atoms with E-state index in [-0.39, 0.29) is 0 Å². The highest BCUT2D eigenvalue weighted by Gasteiger charge is 2.16. The van der Waals surface area contributed by atoms with E-state index in [2.05, 4.69) is 41.8 Å². The summed E-state index contributed by atoms with van der Waals surface area (Å²) < 4.78 is 5.43. The van der Waals surface area contributed by atoms with E-state index in [1.807, 2.05) is 0 Å². The Hall–Kier alpha value is -1.22. The predicted molar refractivity (Wildman–Crippen MR) is 169 cm³/mol. The molecular formula is C35H64N2O. The average molecular weight is 529 g/mol. The molecule has 1 aliphatic heterocycles. The van der Waals surface area contributed by atoms with Crippen LogP contribution in [0.25, 0.3) is 0 Å². The summed E-state index contributed by atoms with van der Waals surface area (Å²) in [5.74, 6) is 0.999. The zero-order valence-electron chi connectivity index (χ0n) is 25.9. The number of ether oxygens (including phenoxy) is 1. The minimum absolute atomic E-state index is 0.999. The standard InChI is InChI=1S/C35H64N2O/c1-4-6-8-10-15-19-27-36(28-20-16-11-9-7-5-2)29-21-17-13-12-14-18-22-30-37-31-23-24-33-32-34(38-3)25-26-35(33)37/h25-26,32H,4-24,27-31H2,1-3H3. The van der Waals surface area contributed by atoms with Gasteiger partial charge >= 0.3 is 0 Å². The maximum atomic E-state index is 5.43. The van der Waals surface area contributed by atoms with Crippen LogP contribution in [0.2, 0.25) is 0 Å². The Morgan fingerprint density at radius 2 is 1.16 bits per heavy atom. The molecule has 1 aromatic rings. The van der Waals surface area contributed by atoms with Crippen molar-refractivity contribution in [2.45, 2.75) is 149 Å². The van der Waals surface area contributed by atoms with Crippen LogP contribution in [-0.4, -0.2) is 44.7 Å². The van der Waals surface area contributed by atoms with Gasteiger partial charge in [-0.3, -0.25) is 0 Å². The van der Waals surface area contributed by atoms with Crippen molar-refractivity contribution in [1.82, 2.24) is 4.90 Å². The Morgan fingerprint density at radius 1 is 0.658 bits per heavy atom. The molecule has 0 unspecified atom stereocenters. The van der Waals surface area contributed by atoms with Crippen molar-refractivity contribution in [3.05, 3.63) is 23.8 Å². The van der Waals surface area contributed by atoms with E-state index < -0.39 is 0 Å². The number of unbranched alkanes of at least 4 members (excludes halogenated alkanes) is 16. The van der Waals surface area contributed by atoms with Crippen LogP contribution < -0.4 is 9.64 Å². The summed E-state index contributed by atoms with van der Waals surface area (Å²) >= 11 is 0. The lowest BCUT2D eigenvalue weighted by Crippen LogP contribution is -2.30. The normalized spacial score (nSPS) is 13.3. The largest absolute Gasteiger partial charge is 0.497 e. The summed E-state index contributed by atoms with van der Waals surface area (Å²) in [6.45, 7) is 11.1. The lowest BCUT2D eigenvalue weighted by atomic mass is 10.0. The number of aryl methyl sites for hydroxylation is 1. The topological polar surface area (TPSA) is 15.7 Å². The second-order valence-electron chi connectivity index (χ2n) is 11.9. The van der Waals surface area contributed by atoms with E-state index in [0.717, 1.165) is 5.75 Å². The van der Waals surface area contributed by atoms with Crippen LogP contribution in [0.15, 0.2) is 18.2 Å². The maximum Gasteiger partial charge on any atom is 0.119 e. The number of anilines is 1. The van der Waals surface area contributed by atoms with Gasteiger partial charge in [-0.15, -0.1) is 0 Å². The van der Waals surface area contributed by atoms with Crippen molar-refractivity contribution >= 4 is 5.69 Å². The molecule has 0 spiro atoms. The highest BCUT2D eigenvalue weighted by Crippen LogP contribution is 2.30. The summed E-state index contributed by atoms with van der Waals surface area (Å²) in [6, 6.07) is 6.64. The minimum Gasteiger partial charge on any atom is -0.497 e. The molecule has 0 saturated heterocycles. The maximum absolute atomic E-state index is 5.43. The van der Waals surface area contributed by atoms with Crippen molar-refractivity contribution in [3.8, 4) is 5.75 Å². The number of nitrogens with zero attached hydrogens (tertiary/aromatic N) is 2. The van der Waals surface area contributed by atoms with Gasteiger partial charge in [-0.2, -0.15) is 0 Å². The Bertz CT molecular complexity index is 660. The van der Waals surface area contributed by atoms with Crippen molar-refractivity contribution in [1.29, 1.82) is 0 Å². The summed E-state index contributed by atoms with van der Waals surface area (Å²) in [6.07, 6.45) is 29.3. The van der Waals surface area contributed by atoms with Crippen molar-refractivity contribution in [3.63, 3.8) is 0 Å². The van der Waals surface area contributed by atoms with E-state index in [9.17, 15) is 0 Å². The number of fused-ring (bicyclic) bond motifs is 1. The first-order valence-corrected chi connectivity index (χ1v) is 16.9. The summed E-state index contributed by atoms with van der Waals surface area (Å²) in [5, 5.41) is 0. The van der Waals surface area contributed by atoms with Crippen LogP contribution in [0.5, 0.6) is 5.75 Å². The first-order valence-electron chi connectivity index (χ1n) is 16.9. The molecule has 1 heterocycles. The molecule has 0 atom stereocenters. The molecule has 220 valence electrons. The fourth-order valence-electron chi connectivity index (χ4n) is 6.10. The van der Waals surface area contributed by atoms with Crippen LogP contribution in [0.4, 0.5) is 5.69 Å². The third-order valence-electron chi connectivity index (χ3n) is 8.56. The first-order chi connectivity index (χ1) is 18.8. The number of rotatable bonds is 25. The molecule has 0 aromatic heterocycles. The van der Waals surface area contributed by atoms with Crippen LogP contribution >= 0.6 is 0 Å². The summed E-state index contributed by atoms with van der Waals surface area (Å²) in [5.41, 5.74) is 2.92. The Morgan fingerprint density at radius 3 is 1.68 bits per heavy atom. The molecule has 1 aliphatic rings. The van der Waals surface area contributed by atoms with Gasteiger partial charge in [-0.1, -0.05) is 110 Å². The smallest absolute Gasteiger partial charge is 0.119 e. The molecular weight excluding hydrogens is 464 g/mol. The lowest BCUT2D eigenvalue weighted by Gasteiger charge is -2.31. The van der Waals surface area contributed by atoms with Gasteiger partial charge in [0.25, 0.3) is 0 Å². The molecule has 38 heavy (non-hydrogen) atoms. The van der Waals surface area contributed by atoms with Gasteiger partial charge < -0.3 is 14.5 Å². The van der Waals surface area contributed by atoms with Crippen molar-refractivity contribution in [2.24, 2.45) is 0 Å². The average Bonchev–Trinajstić information content (AvgIpc) is 2.94. The van der Waals surface area contributed by atoms with E-state index in [1.165, 1.54) is 179 Å². The summed E-state index contributed by atoms with van der Waals surface area (Å²) in [4.78, 5) is 5.42. The molecule has 3 heteroatoms. The second kappa shape index (κ2) is 22.6. The van der Waals surface area contributed by atoms with Crippen LogP contribution in [-0.2, 0) is 6.42 Å². The molecule has 2 rings (SSSR count). The number of benzene rings is 1. The molecule has 0 bridgehead atoms. The third kappa shape index (κ3) is 14.8. The zero-order valence-corrected chi connectivity index (χ0v) is 25.9. The molecule has 0 aliphatic carbocycles. The van der Waals surface area contributed by atoms with Crippen LogP contribution in [0.3, 0.4) is 0 Å². The van der Waals surface area contributed by atoms with E-state index in [4.69, 9.17) is 4.74 Å². The molecule has 1 aromatic carbocycles. The number of hydrogen-bond donors (Lipinski definition) is 0. The fraction of sp³-hybridized carbons (Fsp3) is 0.829. The van der Waals surface area contributed by atoms with Gasteiger partial charge in [0.2, 0.25) is 0 Å². The molecule has 0 radical (unpaired) electrons. The zero-order chi connectivity index (χ0) is 27.1. The first kappa shape index (κ1) is 33.0. The van der Waals surface area contributed by atoms with E-state index in [0.29, 0.717) is 0 Å². The Labute approximate surface area is 238 Å². The molecule has 0 saturated carbocycles. The van der Waals surface area contributed by atoms with Gasteiger partial charge in [0, 0.05) is 18.8 Å². The Kier molecular flexibility index (Phi) is 19.6. The molecule has 3 nitrogen and oxygen atoms in total. The molecule has 0 amide bonds. The Balaban J connectivity index is 1.53. The lowest BCUT2D eigenvalue weighted by molar-refractivity contribution is 0.254. The fourth-order valence-corrected chi connectivity index (χ4v) is 6.10. The predicted octanol–water partition coefficient (Wildman–Crippen LogP) is 10.2. The van der Waals surface area contributed by atoms with Crippen LogP contribution in [0, 0.1) is 0 Å². The minimum atomic E-state index is 0.999. The molecule has 0 fully saturated rings.